The van der Waals surface area contributed by atoms with Gasteiger partial charge in [0, 0.05) is 13.7 Å². The molecule has 1 atom stereocenters. The minimum absolute atomic E-state index is 0.281. The van der Waals surface area contributed by atoms with Crippen LogP contribution in [0, 0.1) is 0 Å². The SMILES string of the molecule is COCC1COCC[N]1. The number of ether oxygens (including phenoxy) is 2. The Morgan fingerprint density at radius 3 is 3.22 bits per heavy atom. The maximum Gasteiger partial charge on any atom is 0.0714 e. The molecule has 1 fully saturated rings. The smallest absolute Gasteiger partial charge is 0.0714 e. The molecule has 0 aromatic rings. The molecule has 0 amide bonds. The minimum atomic E-state index is 0.281. The van der Waals surface area contributed by atoms with Crippen LogP contribution in [-0.4, -0.2) is 39.5 Å². The molecule has 1 heterocycles. The standard InChI is InChI=1S/C6H12NO2/c1-8-4-6-5-9-3-2-7-6/h6H,2-5H2,1H3. The van der Waals surface area contributed by atoms with Gasteiger partial charge in [-0.25, -0.2) is 5.32 Å². The first-order valence-electron chi connectivity index (χ1n) is 3.17. The highest BCUT2D eigenvalue weighted by Crippen LogP contribution is 1.94. The van der Waals surface area contributed by atoms with Crippen LogP contribution in [0.15, 0.2) is 0 Å². The maximum atomic E-state index is 5.16. The van der Waals surface area contributed by atoms with Crippen LogP contribution in [0.25, 0.3) is 0 Å². The van der Waals surface area contributed by atoms with E-state index in [0.717, 1.165) is 19.8 Å². The molecular formula is C6H12NO2. The van der Waals surface area contributed by atoms with Gasteiger partial charge in [0.25, 0.3) is 0 Å². The zero-order chi connectivity index (χ0) is 6.53. The molecule has 53 valence electrons. The predicted molar refractivity (Wildman–Crippen MR) is 33.5 cm³/mol. The van der Waals surface area contributed by atoms with Crippen LogP contribution in [0.2, 0.25) is 0 Å². The Morgan fingerprint density at radius 2 is 2.67 bits per heavy atom. The van der Waals surface area contributed by atoms with Gasteiger partial charge in [-0.05, 0) is 0 Å². The molecule has 3 heteroatoms. The molecule has 9 heavy (non-hydrogen) atoms. The average molecular weight is 130 g/mol. The Bertz CT molecular complexity index is 68.7. The lowest BCUT2D eigenvalue weighted by molar-refractivity contribution is 0.0410. The summed E-state index contributed by atoms with van der Waals surface area (Å²) in [6.45, 7) is 3.03. The van der Waals surface area contributed by atoms with Crippen LogP contribution in [0.1, 0.15) is 0 Å². The maximum absolute atomic E-state index is 5.16. The van der Waals surface area contributed by atoms with Crippen molar-refractivity contribution in [1.29, 1.82) is 0 Å². The average Bonchev–Trinajstić information content (AvgIpc) is 1.91. The third-order valence-electron chi connectivity index (χ3n) is 1.29. The number of nitrogens with zero attached hydrogens (tertiary/aromatic N) is 1. The number of hydrogen-bond acceptors (Lipinski definition) is 2. The molecular weight excluding hydrogens is 118 g/mol. The van der Waals surface area contributed by atoms with Crippen LogP contribution < -0.4 is 5.32 Å². The Hall–Kier alpha value is -0.120. The normalized spacial score (nSPS) is 28.3. The van der Waals surface area contributed by atoms with Crippen LogP contribution in [0.4, 0.5) is 0 Å². The van der Waals surface area contributed by atoms with Gasteiger partial charge in [0.1, 0.15) is 0 Å². The van der Waals surface area contributed by atoms with E-state index in [4.69, 9.17) is 9.47 Å². The van der Waals surface area contributed by atoms with E-state index >= 15 is 0 Å². The molecule has 1 unspecified atom stereocenters. The van der Waals surface area contributed by atoms with Gasteiger partial charge in [-0.3, -0.25) is 0 Å². The lowest BCUT2D eigenvalue weighted by Gasteiger charge is -2.20. The molecule has 1 rings (SSSR count). The van der Waals surface area contributed by atoms with Crippen molar-refractivity contribution in [2.24, 2.45) is 0 Å². The highest BCUT2D eigenvalue weighted by atomic mass is 16.5. The fourth-order valence-corrected chi connectivity index (χ4v) is 0.865. The van der Waals surface area contributed by atoms with Crippen molar-refractivity contribution < 1.29 is 9.47 Å². The molecule has 0 saturated carbocycles. The Morgan fingerprint density at radius 1 is 1.78 bits per heavy atom. The van der Waals surface area contributed by atoms with Crippen molar-refractivity contribution in [3.63, 3.8) is 0 Å². The third-order valence-corrected chi connectivity index (χ3v) is 1.29. The van der Waals surface area contributed by atoms with E-state index in [2.05, 4.69) is 5.32 Å². The van der Waals surface area contributed by atoms with Gasteiger partial charge in [-0.1, -0.05) is 0 Å². The van der Waals surface area contributed by atoms with Crippen molar-refractivity contribution in [2.75, 3.05) is 33.5 Å². The highest BCUT2D eigenvalue weighted by Gasteiger charge is 2.12. The van der Waals surface area contributed by atoms with Crippen molar-refractivity contribution >= 4 is 0 Å². The van der Waals surface area contributed by atoms with E-state index in [0.29, 0.717) is 6.61 Å². The van der Waals surface area contributed by atoms with Crippen molar-refractivity contribution in [1.82, 2.24) is 5.32 Å². The number of methoxy groups -OCH3 is 1. The summed E-state index contributed by atoms with van der Waals surface area (Å²) < 4.78 is 10.1. The van der Waals surface area contributed by atoms with Gasteiger partial charge >= 0.3 is 0 Å². The lowest BCUT2D eigenvalue weighted by atomic mass is 10.3. The Labute approximate surface area is 55.3 Å². The van der Waals surface area contributed by atoms with Crippen molar-refractivity contribution in [3.05, 3.63) is 0 Å². The van der Waals surface area contributed by atoms with E-state index in [1.165, 1.54) is 0 Å². The molecule has 0 spiro atoms. The van der Waals surface area contributed by atoms with E-state index in [9.17, 15) is 0 Å². The first-order chi connectivity index (χ1) is 4.43. The molecule has 0 aromatic heterocycles. The molecule has 3 nitrogen and oxygen atoms in total. The molecule has 1 aliphatic rings. The van der Waals surface area contributed by atoms with Gasteiger partial charge in [0.15, 0.2) is 0 Å². The first kappa shape index (κ1) is 6.99. The van der Waals surface area contributed by atoms with Gasteiger partial charge < -0.3 is 9.47 Å². The molecule has 1 aliphatic heterocycles. The summed E-state index contributed by atoms with van der Waals surface area (Å²) in [4.78, 5) is 0. The summed E-state index contributed by atoms with van der Waals surface area (Å²) in [6, 6.07) is 0.281. The van der Waals surface area contributed by atoms with E-state index in [1.54, 1.807) is 7.11 Å². The van der Waals surface area contributed by atoms with Crippen LogP contribution in [-0.2, 0) is 9.47 Å². The fourth-order valence-electron chi connectivity index (χ4n) is 0.865. The third kappa shape index (κ3) is 2.30. The first-order valence-corrected chi connectivity index (χ1v) is 3.17. The van der Waals surface area contributed by atoms with E-state index in [1.807, 2.05) is 0 Å². The number of hydrogen-bond donors (Lipinski definition) is 0. The molecule has 0 aromatic carbocycles. The number of morpholine rings is 1. The van der Waals surface area contributed by atoms with E-state index < -0.39 is 0 Å². The summed E-state index contributed by atoms with van der Waals surface area (Å²) in [5, 5.41) is 4.27. The molecule has 0 N–H and O–H groups in total. The predicted octanol–water partition coefficient (Wildman–Crippen LogP) is -0.364. The summed E-state index contributed by atoms with van der Waals surface area (Å²) in [6.07, 6.45) is 0. The van der Waals surface area contributed by atoms with E-state index in [-0.39, 0.29) is 6.04 Å². The minimum Gasteiger partial charge on any atom is -0.383 e. The fraction of sp³-hybridized carbons (Fsp3) is 1.00. The Kier molecular flexibility index (Phi) is 2.97. The monoisotopic (exact) mass is 130 g/mol. The van der Waals surface area contributed by atoms with Crippen molar-refractivity contribution in [2.45, 2.75) is 6.04 Å². The van der Waals surface area contributed by atoms with Crippen molar-refractivity contribution in [3.8, 4) is 0 Å². The second-order valence-corrected chi connectivity index (χ2v) is 2.09. The molecule has 0 bridgehead atoms. The lowest BCUT2D eigenvalue weighted by Crippen LogP contribution is -2.38. The second kappa shape index (κ2) is 3.82. The molecule has 0 aliphatic carbocycles. The largest absolute Gasteiger partial charge is 0.383 e. The van der Waals surface area contributed by atoms with Gasteiger partial charge in [0.2, 0.25) is 0 Å². The zero-order valence-corrected chi connectivity index (χ0v) is 5.67. The van der Waals surface area contributed by atoms with Crippen LogP contribution in [0.3, 0.4) is 0 Å². The van der Waals surface area contributed by atoms with Crippen LogP contribution in [0.5, 0.6) is 0 Å². The van der Waals surface area contributed by atoms with Crippen LogP contribution >= 0.6 is 0 Å². The number of rotatable bonds is 2. The summed E-state index contributed by atoms with van der Waals surface area (Å²) in [5.41, 5.74) is 0. The Balaban J connectivity index is 2.08. The second-order valence-electron chi connectivity index (χ2n) is 2.09. The molecule has 1 radical (unpaired) electrons. The summed E-state index contributed by atoms with van der Waals surface area (Å²) in [7, 11) is 1.68. The topological polar surface area (TPSA) is 32.6 Å². The highest BCUT2D eigenvalue weighted by molar-refractivity contribution is 4.67. The summed E-state index contributed by atoms with van der Waals surface area (Å²) in [5.74, 6) is 0. The van der Waals surface area contributed by atoms with Gasteiger partial charge in [0.05, 0.1) is 25.9 Å². The van der Waals surface area contributed by atoms with Gasteiger partial charge in [-0.15, -0.1) is 0 Å². The summed E-state index contributed by atoms with van der Waals surface area (Å²) >= 11 is 0. The quantitative estimate of drug-likeness (QED) is 0.511. The zero-order valence-electron chi connectivity index (χ0n) is 5.67. The van der Waals surface area contributed by atoms with Gasteiger partial charge in [-0.2, -0.15) is 0 Å². The molecule has 1 saturated heterocycles.